The van der Waals surface area contributed by atoms with Gasteiger partial charge in [0.25, 0.3) is 11.8 Å². The second kappa shape index (κ2) is 8.26. The number of carbonyl (C=O) groups is 2. The molecule has 1 N–H and O–H groups in total. The number of hydrogen-bond acceptors (Lipinski definition) is 3. The molecule has 6 nitrogen and oxygen atoms in total. The zero-order chi connectivity index (χ0) is 20.2. The van der Waals surface area contributed by atoms with Gasteiger partial charge in [0.1, 0.15) is 11.5 Å². The number of rotatable bonds is 3. The van der Waals surface area contributed by atoms with Gasteiger partial charge in [-0.3, -0.25) is 14.7 Å². The summed E-state index contributed by atoms with van der Waals surface area (Å²) in [6, 6.07) is 17.3. The number of H-pyrrole nitrogens is 1. The molecule has 2 aromatic carbocycles. The molecule has 0 aliphatic carbocycles. The first-order valence-corrected chi connectivity index (χ1v) is 9.57. The summed E-state index contributed by atoms with van der Waals surface area (Å²) < 4.78 is 13.9. The molecule has 2 heterocycles. The van der Waals surface area contributed by atoms with Crippen LogP contribution in [-0.4, -0.2) is 58.0 Å². The average molecular weight is 392 g/mol. The predicted molar refractivity (Wildman–Crippen MR) is 107 cm³/mol. The standard InChI is InChI=1S/C22H21FN4O2/c23-18-10-5-4-9-17(18)21(28)26-11-6-12-27(14-13-26)22(29)20-15-19(24-25-20)16-7-2-1-3-8-16/h1-5,7-10,15H,6,11-14H2,(H,24,25). The number of carbonyl (C=O) groups excluding carboxylic acids is 2. The Hall–Kier alpha value is -3.48. The van der Waals surface area contributed by atoms with Crippen LogP contribution in [-0.2, 0) is 0 Å². The Morgan fingerprint density at radius 2 is 1.52 bits per heavy atom. The number of aromatic nitrogens is 2. The maximum absolute atomic E-state index is 13.9. The van der Waals surface area contributed by atoms with Crippen molar-refractivity contribution in [1.82, 2.24) is 20.0 Å². The van der Waals surface area contributed by atoms with Gasteiger partial charge in [-0.1, -0.05) is 42.5 Å². The first-order chi connectivity index (χ1) is 14.1. The van der Waals surface area contributed by atoms with Gasteiger partial charge in [0.15, 0.2) is 0 Å². The molecular weight excluding hydrogens is 371 g/mol. The van der Waals surface area contributed by atoms with Crippen molar-refractivity contribution in [2.75, 3.05) is 26.2 Å². The van der Waals surface area contributed by atoms with Gasteiger partial charge in [0.2, 0.25) is 0 Å². The predicted octanol–water partition coefficient (Wildman–Crippen LogP) is 3.20. The van der Waals surface area contributed by atoms with E-state index in [0.29, 0.717) is 44.0 Å². The van der Waals surface area contributed by atoms with E-state index in [9.17, 15) is 14.0 Å². The quantitative estimate of drug-likeness (QED) is 0.744. The highest BCUT2D eigenvalue weighted by atomic mass is 19.1. The fourth-order valence-electron chi connectivity index (χ4n) is 3.49. The molecule has 0 radical (unpaired) electrons. The smallest absolute Gasteiger partial charge is 0.271 e. The van der Waals surface area contributed by atoms with Crippen LogP contribution in [0.25, 0.3) is 11.3 Å². The minimum Gasteiger partial charge on any atom is -0.337 e. The van der Waals surface area contributed by atoms with Crippen molar-refractivity contribution in [3.63, 3.8) is 0 Å². The number of benzene rings is 2. The fraction of sp³-hybridized carbons (Fsp3) is 0.227. The number of hydrogen-bond donors (Lipinski definition) is 1. The van der Waals surface area contributed by atoms with E-state index in [1.807, 2.05) is 30.3 Å². The van der Waals surface area contributed by atoms with Gasteiger partial charge in [-0.05, 0) is 24.6 Å². The van der Waals surface area contributed by atoms with E-state index < -0.39 is 5.82 Å². The molecule has 0 bridgehead atoms. The summed E-state index contributed by atoms with van der Waals surface area (Å²) >= 11 is 0. The Kier molecular flexibility index (Phi) is 5.37. The van der Waals surface area contributed by atoms with Crippen LogP contribution in [0.4, 0.5) is 4.39 Å². The molecule has 1 fully saturated rings. The SMILES string of the molecule is O=C(c1cc(-c2ccccc2)n[nH]1)N1CCCN(C(=O)c2ccccc2F)CC1. The monoisotopic (exact) mass is 392 g/mol. The van der Waals surface area contributed by atoms with Crippen LogP contribution in [0.5, 0.6) is 0 Å². The Morgan fingerprint density at radius 1 is 0.862 bits per heavy atom. The topological polar surface area (TPSA) is 69.3 Å². The Morgan fingerprint density at radius 3 is 2.24 bits per heavy atom. The summed E-state index contributed by atoms with van der Waals surface area (Å²) in [4.78, 5) is 28.8. The second-order valence-electron chi connectivity index (χ2n) is 6.95. The van der Waals surface area contributed by atoms with Crippen molar-refractivity contribution in [3.8, 4) is 11.3 Å². The van der Waals surface area contributed by atoms with E-state index in [0.717, 1.165) is 5.56 Å². The van der Waals surface area contributed by atoms with Crippen LogP contribution in [0, 0.1) is 5.82 Å². The van der Waals surface area contributed by atoms with E-state index in [4.69, 9.17) is 0 Å². The van der Waals surface area contributed by atoms with Gasteiger partial charge in [0.05, 0.1) is 11.3 Å². The Bertz CT molecular complexity index is 1020. The molecule has 2 amide bonds. The summed E-state index contributed by atoms with van der Waals surface area (Å²) in [5.41, 5.74) is 2.12. The van der Waals surface area contributed by atoms with E-state index in [1.54, 1.807) is 28.0 Å². The number of halogens is 1. The maximum atomic E-state index is 13.9. The highest BCUT2D eigenvalue weighted by Crippen LogP contribution is 2.19. The molecule has 0 saturated carbocycles. The maximum Gasteiger partial charge on any atom is 0.271 e. The van der Waals surface area contributed by atoms with Gasteiger partial charge in [0, 0.05) is 31.7 Å². The third kappa shape index (κ3) is 4.03. The lowest BCUT2D eigenvalue weighted by atomic mass is 10.1. The van der Waals surface area contributed by atoms with Crippen molar-refractivity contribution in [3.05, 3.63) is 77.7 Å². The van der Waals surface area contributed by atoms with Gasteiger partial charge >= 0.3 is 0 Å². The van der Waals surface area contributed by atoms with Gasteiger partial charge in [-0.2, -0.15) is 5.10 Å². The molecular formula is C22H21FN4O2. The zero-order valence-electron chi connectivity index (χ0n) is 15.8. The van der Waals surface area contributed by atoms with E-state index in [1.165, 1.54) is 12.1 Å². The third-order valence-corrected chi connectivity index (χ3v) is 5.05. The van der Waals surface area contributed by atoms with Crippen molar-refractivity contribution < 1.29 is 14.0 Å². The van der Waals surface area contributed by atoms with E-state index in [2.05, 4.69) is 10.2 Å². The average Bonchev–Trinajstić information content (AvgIpc) is 3.12. The summed E-state index contributed by atoms with van der Waals surface area (Å²) in [5.74, 6) is -1.02. The van der Waals surface area contributed by atoms with Crippen molar-refractivity contribution >= 4 is 11.8 Å². The Balaban J connectivity index is 1.43. The third-order valence-electron chi connectivity index (χ3n) is 5.05. The first-order valence-electron chi connectivity index (χ1n) is 9.57. The number of aromatic amines is 1. The van der Waals surface area contributed by atoms with Gasteiger partial charge in [-0.15, -0.1) is 0 Å². The van der Waals surface area contributed by atoms with Crippen LogP contribution < -0.4 is 0 Å². The summed E-state index contributed by atoms with van der Waals surface area (Å²) in [7, 11) is 0. The molecule has 7 heteroatoms. The van der Waals surface area contributed by atoms with Crippen LogP contribution in [0.1, 0.15) is 27.3 Å². The largest absolute Gasteiger partial charge is 0.337 e. The number of nitrogens with one attached hydrogen (secondary N) is 1. The van der Waals surface area contributed by atoms with Crippen molar-refractivity contribution in [2.24, 2.45) is 0 Å². The number of nitrogens with zero attached hydrogens (tertiary/aromatic N) is 3. The summed E-state index contributed by atoms with van der Waals surface area (Å²) in [5, 5.41) is 7.06. The normalized spacial score (nSPS) is 14.5. The highest BCUT2D eigenvalue weighted by molar-refractivity contribution is 5.95. The highest BCUT2D eigenvalue weighted by Gasteiger charge is 2.25. The summed E-state index contributed by atoms with van der Waals surface area (Å²) in [6.07, 6.45) is 0.631. The van der Waals surface area contributed by atoms with Crippen LogP contribution in [0.2, 0.25) is 0 Å². The minimum atomic E-state index is -0.527. The van der Waals surface area contributed by atoms with Crippen LogP contribution in [0.15, 0.2) is 60.7 Å². The second-order valence-corrected chi connectivity index (χ2v) is 6.95. The van der Waals surface area contributed by atoms with Gasteiger partial charge in [-0.25, -0.2) is 4.39 Å². The molecule has 1 aromatic heterocycles. The lowest BCUT2D eigenvalue weighted by Gasteiger charge is -2.22. The molecule has 0 unspecified atom stereocenters. The van der Waals surface area contributed by atoms with Crippen molar-refractivity contribution in [2.45, 2.75) is 6.42 Å². The molecule has 1 aliphatic heterocycles. The summed E-state index contributed by atoms with van der Waals surface area (Å²) in [6.45, 7) is 1.76. The van der Waals surface area contributed by atoms with Crippen LogP contribution in [0.3, 0.4) is 0 Å². The molecule has 0 atom stereocenters. The van der Waals surface area contributed by atoms with E-state index >= 15 is 0 Å². The molecule has 3 aromatic rings. The molecule has 1 saturated heterocycles. The molecule has 148 valence electrons. The number of amides is 2. The lowest BCUT2D eigenvalue weighted by Crippen LogP contribution is -2.37. The minimum absolute atomic E-state index is 0.0633. The molecule has 1 aliphatic rings. The molecule has 0 spiro atoms. The fourth-order valence-corrected chi connectivity index (χ4v) is 3.49. The van der Waals surface area contributed by atoms with Crippen molar-refractivity contribution in [1.29, 1.82) is 0 Å². The van der Waals surface area contributed by atoms with Gasteiger partial charge < -0.3 is 9.80 Å². The first kappa shape index (κ1) is 18.9. The zero-order valence-corrected chi connectivity index (χ0v) is 15.8. The lowest BCUT2D eigenvalue weighted by molar-refractivity contribution is 0.0713. The molecule has 4 rings (SSSR count). The van der Waals surface area contributed by atoms with Crippen LogP contribution >= 0.6 is 0 Å². The Labute approximate surface area is 167 Å². The molecule has 29 heavy (non-hydrogen) atoms. The van der Waals surface area contributed by atoms with E-state index in [-0.39, 0.29) is 17.4 Å².